The molecule has 0 saturated heterocycles. The molecule has 0 aliphatic carbocycles. The summed E-state index contributed by atoms with van der Waals surface area (Å²) in [5.74, 6) is 0.805. The summed E-state index contributed by atoms with van der Waals surface area (Å²) in [6, 6.07) is 11.8. The number of hydrogen-bond acceptors (Lipinski definition) is 2. The molecule has 0 spiro atoms. The van der Waals surface area contributed by atoms with E-state index in [-0.39, 0.29) is 5.82 Å². The number of nitrogens with one attached hydrogen (secondary N) is 1. The summed E-state index contributed by atoms with van der Waals surface area (Å²) in [6.07, 6.45) is 0. The van der Waals surface area contributed by atoms with Crippen molar-refractivity contribution in [2.45, 2.75) is 33.9 Å². The van der Waals surface area contributed by atoms with Crippen LogP contribution in [0.3, 0.4) is 0 Å². The van der Waals surface area contributed by atoms with Crippen molar-refractivity contribution < 1.29 is 9.13 Å². The minimum absolute atomic E-state index is 0.111. The highest BCUT2D eigenvalue weighted by atomic mass is 19.1. The molecular formula is C18H22FNO. The van der Waals surface area contributed by atoms with E-state index in [0.717, 1.165) is 23.4 Å². The normalized spacial score (nSPS) is 10.7. The average molecular weight is 287 g/mol. The SMILES string of the molecule is CCOc1ccccc1CNCc1cc(C)c(F)c(C)c1. The van der Waals surface area contributed by atoms with Crippen LogP contribution in [-0.2, 0) is 13.1 Å². The van der Waals surface area contributed by atoms with Gasteiger partial charge in [0.25, 0.3) is 0 Å². The fourth-order valence-corrected chi connectivity index (χ4v) is 2.43. The van der Waals surface area contributed by atoms with Gasteiger partial charge in [0.05, 0.1) is 6.61 Å². The van der Waals surface area contributed by atoms with E-state index in [4.69, 9.17) is 4.74 Å². The fraction of sp³-hybridized carbons (Fsp3) is 0.333. The maximum absolute atomic E-state index is 13.6. The van der Waals surface area contributed by atoms with E-state index in [1.165, 1.54) is 0 Å². The molecule has 0 radical (unpaired) electrons. The quantitative estimate of drug-likeness (QED) is 0.862. The van der Waals surface area contributed by atoms with Crippen molar-refractivity contribution in [1.29, 1.82) is 0 Å². The second kappa shape index (κ2) is 7.23. The van der Waals surface area contributed by atoms with Crippen LogP contribution in [0, 0.1) is 19.7 Å². The van der Waals surface area contributed by atoms with Gasteiger partial charge < -0.3 is 10.1 Å². The third kappa shape index (κ3) is 4.05. The topological polar surface area (TPSA) is 21.3 Å². The molecule has 2 nitrogen and oxygen atoms in total. The van der Waals surface area contributed by atoms with Gasteiger partial charge in [0.1, 0.15) is 11.6 Å². The Bertz CT molecular complexity index is 587. The molecule has 0 aliphatic rings. The highest BCUT2D eigenvalue weighted by Gasteiger charge is 2.05. The van der Waals surface area contributed by atoms with Crippen molar-refractivity contribution in [3.8, 4) is 5.75 Å². The lowest BCUT2D eigenvalue weighted by molar-refractivity contribution is 0.335. The smallest absolute Gasteiger partial charge is 0.129 e. The molecular weight excluding hydrogens is 265 g/mol. The number of benzene rings is 2. The third-order valence-corrected chi connectivity index (χ3v) is 3.41. The van der Waals surface area contributed by atoms with Gasteiger partial charge in [-0.1, -0.05) is 30.3 Å². The summed E-state index contributed by atoms with van der Waals surface area (Å²) in [5.41, 5.74) is 3.62. The zero-order valence-corrected chi connectivity index (χ0v) is 12.9. The lowest BCUT2D eigenvalue weighted by Gasteiger charge is -2.12. The first-order valence-electron chi connectivity index (χ1n) is 7.29. The van der Waals surface area contributed by atoms with Crippen molar-refractivity contribution in [3.63, 3.8) is 0 Å². The van der Waals surface area contributed by atoms with Gasteiger partial charge in [0, 0.05) is 18.7 Å². The molecule has 0 aliphatic heterocycles. The first-order valence-corrected chi connectivity index (χ1v) is 7.29. The Morgan fingerprint density at radius 3 is 2.38 bits per heavy atom. The van der Waals surface area contributed by atoms with E-state index in [0.29, 0.717) is 24.3 Å². The number of aryl methyl sites for hydroxylation is 2. The van der Waals surface area contributed by atoms with E-state index >= 15 is 0 Å². The number of ether oxygens (including phenoxy) is 1. The van der Waals surface area contributed by atoms with Crippen LogP contribution in [-0.4, -0.2) is 6.61 Å². The Morgan fingerprint density at radius 2 is 1.71 bits per heavy atom. The van der Waals surface area contributed by atoms with Crippen molar-refractivity contribution in [1.82, 2.24) is 5.32 Å². The van der Waals surface area contributed by atoms with Crippen LogP contribution >= 0.6 is 0 Å². The van der Waals surface area contributed by atoms with Crippen molar-refractivity contribution >= 4 is 0 Å². The molecule has 0 saturated carbocycles. The molecule has 2 aromatic carbocycles. The first kappa shape index (κ1) is 15.5. The summed E-state index contributed by atoms with van der Waals surface area (Å²) < 4.78 is 19.2. The minimum Gasteiger partial charge on any atom is -0.494 e. The summed E-state index contributed by atoms with van der Waals surface area (Å²) in [5, 5.41) is 3.39. The van der Waals surface area contributed by atoms with Crippen molar-refractivity contribution in [2.24, 2.45) is 0 Å². The van der Waals surface area contributed by atoms with Crippen LogP contribution in [0.25, 0.3) is 0 Å². The standard InChI is InChI=1S/C18H22FNO/c1-4-21-17-8-6-5-7-16(17)12-20-11-15-9-13(2)18(19)14(3)10-15/h5-10,20H,4,11-12H2,1-3H3. The number of hydrogen-bond donors (Lipinski definition) is 1. The maximum atomic E-state index is 13.6. The molecule has 1 N–H and O–H groups in total. The Labute approximate surface area is 126 Å². The highest BCUT2D eigenvalue weighted by molar-refractivity contribution is 5.33. The molecule has 0 unspecified atom stereocenters. The molecule has 0 aromatic heterocycles. The fourth-order valence-electron chi connectivity index (χ4n) is 2.43. The number of rotatable bonds is 6. The third-order valence-electron chi connectivity index (χ3n) is 3.41. The second-order valence-corrected chi connectivity index (χ2v) is 5.19. The van der Waals surface area contributed by atoms with Gasteiger partial charge in [-0.15, -0.1) is 0 Å². The summed E-state index contributed by atoms with van der Waals surface area (Å²) in [7, 11) is 0. The zero-order chi connectivity index (χ0) is 15.2. The molecule has 0 fully saturated rings. The summed E-state index contributed by atoms with van der Waals surface area (Å²) >= 11 is 0. The number of halogens is 1. The van der Waals surface area contributed by atoms with Crippen LogP contribution in [0.1, 0.15) is 29.2 Å². The Hall–Kier alpha value is -1.87. The van der Waals surface area contributed by atoms with E-state index in [9.17, 15) is 4.39 Å². The van der Waals surface area contributed by atoms with Crippen LogP contribution in [0.4, 0.5) is 4.39 Å². The molecule has 2 aromatic rings. The Kier molecular flexibility index (Phi) is 5.34. The van der Waals surface area contributed by atoms with Gasteiger partial charge in [-0.2, -0.15) is 0 Å². The molecule has 21 heavy (non-hydrogen) atoms. The van der Waals surface area contributed by atoms with E-state index in [1.54, 1.807) is 13.8 Å². The number of para-hydroxylation sites is 1. The van der Waals surface area contributed by atoms with Gasteiger partial charge in [0.15, 0.2) is 0 Å². The Balaban J connectivity index is 1.99. The predicted octanol–water partition coefficient (Wildman–Crippen LogP) is 4.13. The molecule has 112 valence electrons. The Morgan fingerprint density at radius 1 is 1.05 bits per heavy atom. The zero-order valence-electron chi connectivity index (χ0n) is 12.9. The van der Waals surface area contributed by atoms with Gasteiger partial charge >= 0.3 is 0 Å². The largest absolute Gasteiger partial charge is 0.494 e. The summed E-state index contributed by atoms with van der Waals surface area (Å²) in [6.45, 7) is 7.68. The minimum atomic E-state index is -0.111. The van der Waals surface area contributed by atoms with Gasteiger partial charge in [-0.25, -0.2) is 4.39 Å². The van der Waals surface area contributed by atoms with Crippen LogP contribution in [0.2, 0.25) is 0 Å². The second-order valence-electron chi connectivity index (χ2n) is 5.19. The van der Waals surface area contributed by atoms with Gasteiger partial charge in [-0.3, -0.25) is 0 Å². The lowest BCUT2D eigenvalue weighted by Crippen LogP contribution is -2.14. The van der Waals surface area contributed by atoms with E-state index in [2.05, 4.69) is 11.4 Å². The van der Waals surface area contributed by atoms with Crippen LogP contribution < -0.4 is 10.1 Å². The van der Waals surface area contributed by atoms with Gasteiger partial charge in [-0.05, 0) is 43.5 Å². The van der Waals surface area contributed by atoms with Crippen LogP contribution in [0.5, 0.6) is 5.75 Å². The van der Waals surface area contributed by atoms with Crippen LogP contribution in [0.15, 0.2) is 36.4 Å². The molecule has 0 bridgehead atoms. The molecule has 2 rings (SSSR count). The average Bonchev–Trinajstić information content (AvgIpc) is 2.47. The molecule has 0 amide bonds. The molecule has 0 heterocycles. The lowest BCUT2D eigenvalue weighted by atomic mass is 10.1. The van der Waals surface area contributed by atoms with E-state index < -0.39 is 0 Å². The summed E-state index contributed by atoms with van der Waals surface area (Å²) in [4.78, 5) is 0. The van der Waals surface area contributed by atoms with Crippen molar-refractivity contribution in [2.75, 3.05) is 6.61 Å². The highest BCUT2D eigenvalue weighted by Crippen LogP contribution is 2.18. The molecule has 3 heteroatoms. The maximum Gasteiger partial charge on any atom is 0.129 e. The predicted molar refractivity (Wildman–Crippen MR) is 84.0 cm³/mol. The van der Waals surface area contributed by atoms with E-state index in [1.807, 2.05) is 37.3 Å². The molecule has 0 atom stereocenters. The monoisotopic (exact) mass is 287 g/mol. The van der Waals surface area contributed by atoms with Gasteiger partial charge in [0.2, 0.25) is 0 Å². The first-order chi connectivity index (χ1) is 10.1. The van der Waals surface area contributed by atoms with Crippen molar-refractivity contribution in [3.05, 3.63) is 64.5 Å².